The lowest BCUT2D eigenvalue weighted by Gasteiger charge is -2.19. The molecule has 2 aromatic carbocycles. The van der Waals surface area contributed by atoms with Crippen molar-refractivity contribution in [2.45, 2.75) is 25.8 Å². The number of carbonyl (C=O) groups is 1. The molecule has 0 aliphatic rings. The van der Waals surface area contributed by atoms with Crippen LogP contribution in [-0.4, -0.2) is 33.6 Å². The summed E-state index contributed by atoms with van der Waals surface area (Å²) in [5.41, 5.74) is -0.448. The van der Waals surface area contributed by atoms with Crippen molar-refractivity contribution in [2.75, 3.05) is 17.2 Å². The molecular weight excluding hydrogens is 376 g/mol. The predicted octanol–water partition coefficient (Wildman–Crippen LogP) is 1.79. The van der Waals surface area contributed by atoms with E-state index in [2.05, 4.69) is 20.6 Å². The molecule has 1 atom stereocenters. The summed E-state index contributed by atoms with van der Waals surface area (Å²) in [7, 11) is 0. The lowest BCUT2D eigenvalue weighted by atomic mass is 10.0. The smallest absolute Gasteiger partial charge is 0.326 e. The first kappa shape index (κ1) is 20.0. The minimum Gasteiger partial charge on any atom is -0.480 e. The van der Waals surface area contributed by atoms with Crippen molar-refractivity contribution in [3.63, 3.8) is 0 Å². The van der Waals surface area contributed by atoms with Gasteiger partial charge in [-0.3, -0.25) is 9.59 Å². The first-order chi connectivity index (χ1) is 14.0. The molecule has 150 valence electrons. The summed E-state index contributed by atoms with van der Waals surface area (Å²) in [6, 6.07) is 7.60. The Morgan fingerprint density at radius 2 is 1.76 bits per heavy atom. The Kier molecular flexibility index (Phi) is 6.18. The van der Waals surface area contributed by atoms with E-state index in [1.807, 2.05) is 6.92 Å². The van der Waals surface area contributed by atoms with Crippen molar-refractivity contribution >= 4 is 17.3 Å². The van der Waals surface area contributed by atoms with Gasteiger partial charge in [-0.1, -0.05) is 19.1 Å². The summed E-state index contributed by atoms with van der Waals surface area (Å²) in [5.74, 6) is -0.620. The molecule has 0 fully saturated rings. The van der Waals surface area contributed by atoms with Crippen molar-refractivity contribution < 1.29 is 14.6 Å². The number of anilines is 2. The van der Waals surface area contributed by atoms with E-state index < -0.39 is 22.9 Å². The number of aliphatic carboxylic acids is 1. The lowest BCUT2D eigenvalue weighted by molar-refractivity contribution is -0.137. The Bertz CT molecular complexity index is 1040. The van der Waals surface area contributed by atoms with E-state index in [1.165, 1.54) is 0 Å². The molecule has 0 amide bonds. The predicted molar refractivity (Wildman–Crippen MR) is 107 cm³/mol. The second-order valence-corrected chi connectivity index (χ2v) is 6.35. The molecule has 3 aromatic rings. The summed E-state index contributed by atoms with van der Waals surface area (Å²) in [6.07, 6.45) is 4.00. The van der Waals surface area contributed by atoms with Crippen LogP contribution < -0.4 is 26.2 Å². The summed E-state index contributed by atoms with van der Waals surface area (Å²) in [6.45, 7) is 2.44. The van der Waals surface area contributed by atoms with Crippen LogP contribution in [-0.2, 0) is 11.2 Å². The molecule has 0 radical (unpaired) electrons. The third-order valence-electron chi connectivity index (χ3n) is 4.19. The highest BCUT2D eigenvalue weighted by atomic mass is 16.5. The van der Waals surface area contributed by atoms with Crippen LogP contribution in [0.1, 0.15) is 18.9 Å². The van der Waals surface area contributed by atoms with Crippen molar-refractivity contribution in [3.8, 4) is 11.8 Å². The summed E-state index contributed by atoms with van der Waals surface area (Å²) in [5, 5.41) is 15.1. The van der Waals surface area contributed by atoms with Crippen LogP contribution in [0.15, 0.2) is 52.3 Å². The normalized spacial score (nSPS) is 11.8. The Morgan fingerprint density at radius 1 is 1.10 bits per heavy atom. The molecule has 0 aliphatic heterocycles. The van der Waals surface area contributed by atoms with Gasteiger partial charge in [0, 0.05) is 25.4 Å². The molecule has 1 heterocycles. The molecule has 0 bridgehead atoms. The van der Waals surface area contributed by atoms with Crippen LogP contribution in [0.5, 0.6) is 11.8 Å². The molecule has 9 heteroatoms. The molecule has 0 spiro atoms. The van der Waals surface area contributed by atoms with Gasteiger partial charge in [0.15, 0.2) is 0 Å². The molecule has 3 N–H and O–H groups in total. The molecule has 29 heavy (non-hydrogen) atoms. The van der Waals surface area contributed by atoms with Gasteiger partial charge in [0.05, 0.1) is 0 Å². The zero-order valence-electron chi connectivity index (χ0n) is 15.7. The van der Waals surface area contributed by atoms with Gasteiger partial charge < -0.3 is 20.5 Å². The molecular formula is C20H20N4O5. The number of hydrogen-bond donors (Lipinski definition) is 3. The second-order valence-electron chi connectivity index (χ2n) is 6.35. The Morgan fingerprint density at radius 3 is 2.38 bits per heavy atom. The highest BCUT2D eigenvalue weighted by Crippen LogP contribution is 2.20. The maximum atomic E-state index is 11.8. The maximum Gasteiger partial charge on any atom is 0.326 e. The van der Waals surface area contributed by atoms with Gasteiger partial charge in [0.1, 0.15) is 23.2 Å². The standard InChI is InChI=1S/C20H20N4O5/c1-2-8-21-15-16(18(26)17(15)25)24-14(19(27)28)11-12-4-6-13(7-5-12)29-20-22-9-3-10-23-20/h3-7,9-10,14,21,24H,2,8,11H2,1H3,(H,27,28). The number of carboxylic acid groups (broad SMARTS) is 1. The van der Waals surface area contributed by atoms with Crippen LogP contribution in [0.2, 0.25) is 0 Å². The zero-order chi connectivity index (χ0) is 20.8. The molecule has 0 saturated carbocycles. The Hall–Kier alpha value is -3.75. The van der Waals surface area contributed by atoms with Crippen molar-refractivity contribution in [1.29, 1.82) is 0 Å². The number of nitrogens with zero attached hydrogens (tertiary/aromatic N) is 2. The average molecular weight is 396 g/mol. The molecule has 1 aromatic heterocycles. The second kappa shape index (κ2) is 8.96. The van der Waals surface area contributed by atoms with E-state index in [4.69, 9.17) is 4.74 Å². The number of hydrogen-bond acceptors (Lipinski definition) is 8. The van der Waals surface area contributed by atoms with E-state index in [-0.39, 0.29) is 23.8 Å². The Labute approximate surface area is 166 Å². The van der Waals surface area contributed by atoms with Crippen molar-refractivity contribution in [3.05, 3.63) is 68.7 Å². The highest BCUT2D eigenvalue weighted by molar-refractivity contribution is 5.82. The molecule has 0 aliphatic carbocycles. The third kappa shape index (κ3) is 4.75. The largest absolute Gasteiger partial charge is 0.480 e. The van der Waals surface area contributed by atoms with Gasteiger partial charge in [-0.15, -0.1) is 0 Å². The minimum atomic E-state index is -1.13. The molecule has 3 rings (SSSR count). The number of aromatic nitrogens is 2. The van der Waals surface area contributed by atoms with Gasteiger partial charge in [-0.2, -0.15) is 0 Å². The third-order valence-corrected chi connectivity index (χ3v) is 4.19. The van der Waals surface area contributed by atoms with Crippen LogP contribution in [0, 0.1) is 0 Å². The number of ether oxygens (including phenoxy) is 1. The fraction of sp³-hybridized carbons (Fsp3) is 0.250. The van der Waals surface area contributed by atoms with E-state index in [1.54, 1.807) is 42.7 Å². The average Bonchev–Trinajstić information content (AvgIpc) is 2.73. The zero-order valence-corrected chi connectivity index (χ0v) is 15.7. The van der Waals surface area contributed by atoms with Crippen LogP contribution in [0.25, 0.3) is 0 Å². The van der Waals surface area contributed by atoms with Crippen LogP contribution in [0.4, 0.5) is 11.4 Å². The quantitative estimate of drug-likeness (QED) is 0.439. The fourth-order valence-corrected chi connectivity index (χ4v) is 2.70. The van der Waals surface area contributed by atoms with E-state index in [0.717, 1.165) is 6.42 Å². The van der Waals surface area contributed by atoms with Crippen LogP contribution in [0.3, 0.4) is 0 Å². The number of rotatable bonds is 10. The van der Waals surface area contributed by atoms with E-state index >= 15 is 0 Å². The summed E-state index contributed by atoms with van der Waals surface area (Å²) in [4.78, 5) is 43.1. The SMILES string of the molecule is CCCNc1c(NC(Cc2ccc(Oc3ncccn3)cc2)C(=O)O)c(=O)c1=O. The van der Waals surface area contributed by atoms with Gasteiger partial charge in [-0.25, -0.2) is 14.8 Å². The minimum absolute atomic E-state index is 0.0250. The highest BCUT2D eigenvalue weighted by Gasteiger charge is 2.26. The van der Waals surface area contributed by atoms with Gasteiger partial charge in [0.25, 0.3) is 10.9 Å². The van der Waals surface area contributed by atoms with Crippen molar-refractivity contribution in [2.24, 2.45) is 0 Å². The lowest BCUT2D eigenvalue weighted by Crippen LogP contribution is -2.42. The maximum absolute atomic E-state index is 11.8. The summed E-state index contributed by atoms with van der Waals surface area (Å²) >= 11 is 0. The van der Waals surface area contributed by atoms with Crippen molar-refractivity contribution in [1.82, 2.24) is 9.97 Å². The number of benzene rings is 1. The van der Waals surface area contributed by atoms with E-state index in [9.17, 15) is 19.5 Å². The first-order valence-electron chi connectivity index (χ1n) is 9.10. The Balaban J connectivity index is 1.68. The van der Waals surface area contributed by atoms with Crippen LogP contribution >= 0.6 is 0 Å². The number of carboxylic acids is 1. The van der Waals surface area contributed by atoms with Gasteiger partial charge in [-0.05, 0) is 30.2 Å². The molecule has 9 nitrogen and oxygen atoms in total. The molecule has 0 saturated heterocycles. The molecule has 1 unspecified atom stereocenters. The van der Waals surface area contributed by atoms with E-state index in [0.29, 0.717) is 17.9 Å². The van der Waals surface area contributed by atoms with Gasteiger partial charge >= 0.3 is 12.0 Å². The fourth-order valence-electron chi connectivity index (χ4n) is 2.70. The topological polar surface area (TPSA) is 131 Å². The number of nitrogens with one attached hydrogen (secondary N) is 2. The summed E-state index contributed by atoms with van der Waals surface area (Å²) < 4.78 is 5.50. The van der Waals surface area contributed by atoms with Gasteiger partial charge in [0.2, 0.25) is 0 Å². The first-order valence-corrected chi connectivity index (χ1v) is 9.10. The monoisotopic (exact) mass is 396 g/mol.